The lowest BCUT2D eigenvalue weighted by molar-refractivity contribution is 0.104. The normalized spacial score (nSPS) is 10.8. The molecule has 1 nitrogen and oxygen atoms in total. The van der Waals surface area contributed by atoms with Crippen LogP contribution in [0.1, 0.15) is 15.9 Å². The van der Waals surface area contributed by atoms with E-state index in [9.17, 15) is 13.6 Å². The third-order valence-corrected chi connectivity index (χ3v) is 2.46. The summed E-state index contributed by atoms with van der Waals surface area (Å²) < 4.78 is 26.6. The maximum atomic E-state index is 13.3. The average Bonchev–Trinajstić information content (AvgIpc) is 2.38. The van der Waals surface area contributed by atoms with Gasteiger partial charge < -0.3 is 0 Å². The smallest absolute Gasteiger partial charge is 0.188 e. The molecule has 18 heavy (non-hydrogen) atoms. The minimum atomic E-state index is -0.583. The summed E-state index contributed by atoms with van der Waals surface area (Å²) in [6, 6.07) is 11.8. The molecule has 2 rings (SSSR count). The van der Waals surface area contributed by atoms with Gasteiger partial charge in [0.05, 0.1) is 5.56 Å². The van der Waals surface area contributed by atoms with Crippen LogP contribution in [0.25, 0.3) is 6.08 Å². The van der Waals surface area contributed by atoms with Crippen molar-refractivity contribution in [3.63, 3.8) is 0 Å². The van der Waals surface area contributed by atoms with Gasteiger partial charge in [0.1, 0.15) is 11.6 Å². The van der Waals surface area contributed by atoms with E-state index < -0.39 is 17.4 Å². The highest BCUT2D eigenvalue weighted by molar-refractivity contribution is 6.06. The lowest BCUT2D eigenvalue weighted by Crippen LogP contribution is -1.97. The van der Waals surface area contributed by atoms with E-state index in [1.54, 1.807) is 24.3 Å². The summed E-state index contributed by atoms with van der Waals surface area (Å²) in [4.78, 5) is 11.7. The number of hydrogen-bond donors (Lipinski definition) is 0. The predicted molar refractivity (Wildman–Crippen MR) is 66.2 cm³/mol. The fourth-order valence-electron chi connectivity index (χ4n) is 1.53. The number of hydrogen-bond acceptors (Lipinski definition) is 1. The van der Waals surface area contributed by atoms with E-state index in [0.29, 0.717) is 5.56 Å². The molecule has 0 aliphatic rings. The Morgan fingerprint density at radius 1 is 0.889 bits per heavy atom. The molecule has 0 radical (unpaired) electrons. The first kappa shape index (κ1) is 12.2. The Kier molecular flexibility index (Phi) is 3.63. The van der Waals surface area contributed by atoms with Gasteiger partial charge in [-0.15, -0.1) is 0 Å². The number of rotatable bonds is 3. The molecule has 0 N–H and O–H groups in total. The molecule has 0 heterocycles. The molecular formula is C15H10F2O. The fraction of sp³-hybridized carbons (Fsp3) is 0. The van der Waals surface area contributed by atoms with Crippen molar-refractivity contribution >= 4 is 11.9 Å². The quantitative estimate of drug-likeness (QED) is 0.592. The highest BCUT2D eigenvalue weighted by Crippen LogP contribution is 2.11. The van der Waals surface area contributed by atoms with Crippen LogP contribution >= 0.6 is 0 Å². The van der Waals surface area contributed by atoms with Gasteiger partial charge in [0.25, 0.3) is 0 Å². The Bertz CT molecular complexity index is 603. The standard InChI is InChI=1S/C15H10F2O/c16-13-7-3-1-5-11(13)9-10-15(18)12-6-2-4-8-14(12)17/h1-10H/b10-9+. The summed E-state index contributed by atoms with van der Waals surface area (Å²) in [5, 5.41) is 0. The zero-order valence-corrected chi connectivity index (χ0v) is 9.44. The first-order chi connectivity index (χ1) is 8.68. The molecule has 0 atom stereocenters. The van der Waals surface area contributed by atoms with Crippen LogP contribution in [0.5, 0.6) is 0 Å². The third-order valence-electron chi connectivity index (χ3n) is 2.46. The van der Waals surface area contributed by atoms with Crippen LogP contribution in [-0.2, 0) is 0 Å². The number of ketones is 1. The Labute approximate surface area is 103 Å². The summed E-state index contributed by atoms with van der Waals surface area (Å²) >= 11 is 0. The van der Waals surface area contributed by atoms with E-state index in [1.807, 2.05) is 0 Å². The van der Waals surface area contributed by atoms with Crippen LogP contribution < -0.4 is 0 Å². The number of benzene rings is 2. The van der Waals surface area contributed by atoms with Gasteiger partial charge in [-0.3, -0.25) is 4.79 Å². The van der Waals surface area contributed by atoms with Crippen molar-refractivity contribution in [1.29, 1.82) is 0 Å². The van der Waals surface area contributed by atoms with Crippen molar-refractivity contribution in [1.82, 2.24) is 0 Å². The lowest BCUT2D eigenvalue weighted by Gasteiger charge is -1.98. The van der Waals surface area contributed by atoms with E-state index in [4.69, 9.17) is 0 Å². The van der Waals surface area contributed by atoms with E-state index in [-0.39, 0.29) is 5.56 Å². The van der Waals surface area contributed by atoms with Crippen molar-refractivity contribution in [3.05, 3.63) is 77.4 Å². The molecule has 2 aromatic carbocycles. The largest absolute Gasteiger partial charge is 0.289 e. The minimum Gasteiger partial charge on any atom is -0.289 e. The van der Waals surface area contributed by atoms with Crippen molar-refractivity contribution in [3.8, 4) is 0 Å². The highest BCUT2D eigenvalue weighted by atomic mass is 19.1. The van der Waals surface area contributed by atoms with Gasteiger partial charge in [-0.25, -0.2) is 8.78 Å². The number of allylic oxidation sites excluding steroid dienone is 1. The maximum absolute atomic E-state index is 13.3. The molecule has 0 fully saturated rings. The molecule has 90 valence electrons. The Morgan fingerprint density at radius 3 is 2.17 bits per heavy atom. The molecule has 0 bridgehead atoms. The molecule has 0 aromatic heterocycles. The van der Waals surface area contributed by atoms with E-state index in [1.165, 1.54) is 30.3 Å². The molecule has 2 aromatic rings. The molecule has 0 unspecified atom stereocenters. The summed E-state index contributed by atoms with van der Waals surface area (Å²) in [7, 11) is 0. The Balaban J connectivity index is 2.23. The lowest BCUT2D eigenvalue weighted by atomic mass is 10.1. The maximum Gasteiger partial charge on any atom is 0.188 e. The van der Waals surface area contributed by atoms with Crippen LogP contribution in [0.2, 0.25) is 0 Å². The van der Waals surface area contributed by atoms with Crippen molar-refractivity contribution < 1.29 is 13.6 Å². The summed E-state index contributed by atoms with van der Waals surface area (Å²) in [6.45, 7) is 0. The number of carbonyl (C=O) groups excluding carboxylic acids is 1. The van der Waals surface area contributed by atoms with Gasteiger partial charge in [-0.05, 0) is 30.4 Å². The first-order valence-corrected chi connectivity index (χ1v) is 5.40. The van der Waals surface area contributed by atoms with Crippen LogP contribution in [0.4, 0.5) is 8.78 Å². The second kappa shape index (κ2) is 5.36. The zero-order chi connectivity index (χ0) is 13.0. The van der Waals surface area contributed by atoms with Gasteiger partial charge in [-0.2, -0.15) is 0 Å². The van der Waals surface area contributed by atoms with Crippen molar-refractivity contribution in [2.45, 2.75) is 0 Å². The van der Waals surface area contributed by atoms with Crippen LogP contribution in [0, 0.1) is 11.6 Å². The van der Waals surface area contributed by atoms with Gasteiger partial charge in [0, 0.05) is 5.56 Å². The Hall–Kier alpha value is -2.29. The predicted octanol–water partition coefficient (Wildman–Crippen LogP) is 3.86. The second-order valence-corrected chi connectivity index (χ2v) is 3.70. The minimum absolute atomic E-state index is 0.0231. The Morgan fingerprint density at radius 2 is 1.50 bits per heavy atom. The molecule has 0 aliphatic heterocycles. The first-order valence-electron chi connectivity index (χ1n) is 5.40. The molecule has 0 saturated heterocycles. The van der Waals surface area contributed by atoms with Gasteiger partial charge in [0.2, 0.25) is 0 Å². The van der Waals surface area contributed by atoms with Crippen molar-refractivity contribution in [2.24, 2.45) is 0 Å². The molecular weight excluding hydrogens is 234 g/mol. The number of halogens is 2. The van der Waals surface area contributed by atoms with Crippen molar-refractivity contribution in [2.75, 3.05) is 0 Å². The van der Waals surface area contributed by atoms with Gasteiger partial charge in [-0.1, -0.05) is 30.3 Å². The molecule has 0 amide bonds. The van der Waals surface area contributed by atoms with Crippen LogP contribution in [0.15, 0.2) is 54.6 Å². The topological polar surface area (TPSA) is 17.1 Å². The highest BCUT2D eigenvalue weighted by Gasteiger charge is 2.07. The SMILES string of the molecule is O=C(/C=C/c1ccccc1F)c1ccccc1F. The summed E-state index contributed by atoms with van der Waals surface area (Å²) in [5.41, 5.74) is 0.271. The number of carbonyl (C=O) groups is 1. The molecule has 3 heteroatoms. The van der Waals surface area contributed by atoms with Gasteiger partial charge in [0.15, 0.2) is 5.78 Å². The summed E-state index contributed by atoms with van der Waals surface area (Å²) in [6.07, 6.45) is 2.50. The zero-order valence-electron chi connectivity index (χ0n) is 9.44. The molecule has 0 spiro atoms. The molecule has 0 saturated carbocycles. The average molecular weight is 244 g/mol. The van der Waals surface area contributed by atoms with Gasteiger partial charge >= 0.3 is 0 Å². The van der Waals surface area contributed by atoms with Crippen LogP contribution in [-0.4, -0.2) is 5.78 Å². The van der Waals surface area contributed by atoms with E-state index >= 15 is 0 Å². The van der Waals surface area contributed by atoms with E-state index in [0.717, 1.165) is 6.08 Å². The third kappa shape index (κ3) is 2.69. The second-order valence-electron chi connectivity index (χ2n) is 3.70. The van der Waals surface area contributed by atoms with Crippen LogP contribution in [0.3, 0.4) is 0 Å². The molecule has 0 aliphatic carbocycles. The monoisotopic (exact) mass is 244 g/mol. The summed E-state index contributed by atoms with van der Waals surface area (Å²) in [5.74, 6) is -1.49. The van der Waals surface area contributed by atoms with E-state index in [2.05, 4.69) is 0 Å². The fourth-order valence-corrected chi connectivity index (χ4v) is 1.53.